The van der Waals surface area contributed by atoms with Crippen LogP contribution in [0.3, 0.4) is 0 Å². The van der Waals surface area contributed by atoms with Gasteiger partial charge in [0.2, 0.25) is 0 Å². The summed E-state index contributed by atoms with van der Waals surface area (Å²) < 4.78 is 33.8. The predicted octanol–water partition coefficient (Wildman–Crippen LogP) is 1.77. The van der Waals surface area contributed by atoms with Crippen molar-refractivity contribution >= 4 is 10.4 Å². The van der Waals surface area contributed by atoms with Crippen molar-refractivity contribution in [2.45, 2.75) is 45.1 Å². The molecule has 1 N–H and O–H groups in total. The van der Waals surface area contributed by atoms with Crippen LogP contribution in [-0.2, 0) is 14.6 Å². The second-order valence-corrected chi connectivity index (χ2v) is 4.68. The fourth-order valence-electron chi connectivity index (χ4n) is 1.87. The smallest absolute Gasteiger partial charge is 0.264 e. The topological polar surface area (TPSA) is 63.6 Å². The van der Waals surface area contributed by atoms with E-state index in [2.05, 4.69) is 4.18 Å². The van der Waals surface area contributed by atoms with Crippen molar-refractivity contribution in [3.05, 3.63) is 0 Å². The first kappa shape index (κ1) is 10.9. The highest BCUT2D eigenvalue weighted by Gasteiger charge is 2.24. The molecule has 0 aromatic heterocycles. The summed E-state index contributed by atoms with van der Waals surface area (Å²) in [5.74, 6) is 0.274. The molecule has 0 aliphatic heterocycles. The van der Waals surface area contributed by atoms with E-state index in [1.165, 1.54) is 6.42 Å². The van der Waals surface area contributed by atoms with Gasteiger partial charge in [-0.2, -0.15) is 8.42 Å². The van der Waals surface area contributed by atoms with E-state index in [9.17, 15) is 8.42 Å². The van der Waals surface area contributed by atoms with E-state index in [0.29, 0.717) is 0 Å². The third-order valence-corrected chi connectivity index (χ3v) is 3.13. The number of hydrogen-bond donors (Lipinski definition) is 1. The first-order valence-corrected chi connectivity index (χ1v) is 6.01. The van der Waals surface area contributed by atoms with Crippen molar-refractivity contribution in [2.75, 3.05) is 0 Å². The molecule has 0 aromatic rings. The summed E-state index contributed by atoms with van der Waals surface area (Å²) in [5.41, 5.74) is 0. The Balaban J connectivity index is 2.42. The predicted molar refractivity (Wildman–Crippen MR) is 48.7 cm³/mol. The molecule has 78 valence electrons. The standard InChI is InChI=1S/C8H16O4S/c1-7(12-13(9,10)11)8-5-3-2-4-6-8/h7-8H,2-6H2,1H3,(H,9,10,11). The second kappa shape index (κ2) is 4.39. The zero-order chi connectivity index (χ0) is 9.90. The van der Waals surface area contributed by atoms with Crippen molar-refractivity contribution < 1.29 is 17.2 Å². The number of hydrogen-bond acceptors (Lipinski definition) is 3. The Labute approximate surface area is 79.2 Å². The van der Waals surface area contributed by atoms with E-state index in [4.69, 9.17) is 4.55 Å². The molecular weight excluding hydrogens is 192 g/mol. The van der Waals surface area contributed by atoms with Gasteiger partial charge in [-0.15, -0.1) is 0 Å². The molecule has 0 bridgehead atoms. The van der Waals surface area contributed by atoms with Gasteiger partial charge < -0.3 is 0 Å². The van der Waals surface area contributed by atoms with Gasteiger partial charge in [0.05, 0.1) is 6.10 Å². The van der Waals surface area contributed by atoms with Gasteiger partial charge in [0.25, 0.3) is 0 Å². The van der Waals surface area contributed by atoms with Gasteiger partial charge in [-0.3, -0.25) is 4.55 Å². The number of rotatable bonds is 3. The molecule has 0 heterocycles. The Morgan fingerprint density at radius 3 is 2.31 bits per heavy atom. The molecule has 1 unspecified atom stereocenters. The highest BCUT2D eigenvalue weighted by Crippen LogP contribution is 2.28. The van der Waals surface area contributed by atoms with Gasteiger partial charge in [-0.25, -0.2) is 4.18 Å². The molecule has 5 heteroatoms. The SMILES string of the molecule is CC(OS(=O)(=O)O)C1CCCCC1. The Hall–Kier alpha value is -0.130. The Bertz CT molecular complexity index is 241. The summed E-state index contributed by atoms with van der Waals surface area (Å²) >= 11 is 0. The molecule has 0 aromatic carbocycles. The average molecular weight is 208 g/mol. The van der Waals surface area contributed by atoms with Gasteiger partial charge in [0.1, 0.15) is 0 Å². The molecule has 1 atom stereocenters. The van der Waals surface area contributed by atoms with E-state index in [0.717, 1.165) is 25.7 Å². The first-order valence-electron chi connectivity index (χ1n) is 4.65. The van der Waals surface area contributed by atoms with Crippen LogP contribution in [0.15, 0.2) is 0 Å². The zero-order valence-corrected chi connectivity index (χ0v) is 8.59. The van der Waals surface area contributed by atoms with E-state index in [1.54, 1.807) is 6.92 Å². The minimum Gasteiger partial charge on any atom is -0.264 e. The lowest BCUT2D eigenvalue weighted by Gasteiger charge is -2.25. The van der Waals surface area contributed by atoms with E-state index >= 15 is 0 Å². The third-order valence-electron chi connectivity index (χ3n) is 2.59. The van der Waals surface area contributed by atoms with Crippen molar-refractivity contribution in [1.29, 1.82) is 0 Å². The van der Waals surface area contributed by atoms with Crippen LogP contribution >= 0.6 is 0 Å². The minimum absolute atomic E-state index is 0.274. The molecule has 1 fully saturated rings. The van der Waals surface area contributed by atoms with Gasteiger partial charge in [-0.05, 0) is 25.7 Å². The van der Waals surface area contributed by atoms with Crippen LogP contribution in [0.1, 0.15) is 39.0 Å². The molecule has 1 aliphatic rings. The molecule has 0 radical (unpaired) electrons. The van der Waals surface area contributed by atoms with Crippen LogP contribution in [0, 0.1) is 5.92 Å². The lowest BCUT2D eigenvalue weighted by Crippen LogP contribution is -2.25. The lowest BCUT2D eigenvalue weighted by atomic mass is 9.86. The fourth-order valence-corrected chi connectivity index (χ4v) is 2.41. The monoisotopic (exact) mass is 208 g/mol. The van der Waals surface area contributed by atoms with Crippen molar-refractivity contribution in [3.63, 3.8) is 0 Å². The van der Waals surface area contributed by atoms with Gasteiger partial charge in [-0.1, -0.05) is 19.3 Å². The average Bonchev–Trinajstić information content (AvgIpc) is 2.03. The molecule has 1 saturated carbocycles. The summed E-state index contributed by atoms with van der Waals surface area (Å²) in [6.45, 7) is 1.70. The third kappa shape index (κ3) is 4.06. The molecule has 0 spiro atoms. The highest BCUT2D eigenvalue weighted by atomic mass is 32.3. The van der Waals surface area contributed by atoms with Crippen LogP contribution in [0.4, 0.5) is 0 Å². The van der Waals surface area contributed by atoms with Crippen LogP contribution in [0.2, 0.25) is 0 Å². The van der Waals surface area contributed by atoms with Crippen LogP contribution in [0.5, 0.6) is 0 Å². The molecule has 4 nitrogen and oxygen atoms in total. The van der Waals surface area contributed by atoms with Crippen LogP contribution in [0.25, 0.3) is 0 Å². The van der Waals surface area contributed by atoms with E-state index < -0.39 is 16.5 Å². The minimum atomic E-state index is -4.27. The summed E-state index contributed by atoms with van der Waals surface area (Å²) in [6.07, 6.45) is 5.08. The van der Waals surface area contributed by atoms with Crippen LogP contribution in [-0.4, -0.2) is 19.1 Å². The molecule has 1 aliphatic carbocycles. The van der Waals surface area contributed by atoms with Crippen molar-refractivity contribution in [3.8, 4) is 0 Å². The van der Waals surface area contributed by atoms with Gasteiger partial charge in [0, 0.05) is 0 Å². The quantitative estimate of drug-likeness (QED) is 0.718. The van der Waals surface area contributed by atoms with Crippen LogP contribution < -0.4 is 0 Å². The maximum atomic E-state index is 10.4. The molecule has 0 amide bonds. The maximum Gasteiger partial charge on any atom is 0.397 e. The Kier molecular flexibility index (Phi) is 3.70. The van der Waals surface area contributed by atoms with E-state index in [1.807, 2.05) is 0 Å². The molecule has 0 saturated heterocycles. The summed E-state index contributed by atoms with van der Waals surface area (Å²) in [7, 11) is -4.27. The van der Waals surface area contributed by atoms with Crippen molar-refractivity contribution in [2.24, 2.45) is 5.92 Å². The van der Waals surface area contributed by atoms with Crippen molar-refractivity contribution in [1.82, 2.24) is 0 Å². The fraction of sp³-hybridized carbons (Fsp3) is 1.00. The summed E-state index contributed by atoms with van der Waals surface area (Å²) in [5, 5.41) is 0. The van der Waals surface area contributed by atoms with Gasteiger partial charge >= 0.3 is 10.4 Å². The van der Waals surface area contributed by atoms with Gasteiger partial charge in [0.15, 0.2) is 0 Å². The highest BCUT2D eigenvalue weighted by molar-refractivity contribution is 7.80. The zero-order valence-electron chi connectivity index (χ0n) is 7.77. The first-order chi connectivity index (χ1) is 5.99. The Morgan fingerprint density at radius 2 is 1.85 bits per heavy atom. The Morgan fingerprint density at radius 1 is 1.31 bits per heavy atom. The van der Waals surface area contributed by atoms with E-state index in [-0.39, 0.29) is 5.92 Å². The largest absolute Gasteiger partial charge is 0.397 e. The summed E-state index contributed by atoms with van der Waals surface area (Å²) in [6, 6.07) is 0. The second-order valence-electron chi connectivity index (χ2n) is 3.63. The maximum absolute atomic E-state index is 10.4. The molecule has 13 heavy (non-hydrogen) atoms. The summed E-state index contributed by atoms with van der Waals surface area (Å²) in [4.78, 5) is 0. The molecular formula is C8H16O4S. The lowest BCUT2D eigenvalue weighted by molar-refractivity contribution is 0.114. The normalized spacial score (nSPS) is 22.9. The molecule has 1 rings (SSSR count).